The van der Waals surface area contributed by atoms with Crippen LogP contribution in [0.25, 0.3) is 0 Å². The molecule has 36 heavy (non-hydrogen) atoms. The summed E-state index contributed by atoms with van der Waals surface area (Å²) in [6.45, 7) is -2.03. The summed E-state index contributed by atoms with van der Waals surface area (Å²) in [4.78, 5) is -1.15. The predicted octanol–water partition coefficient (Wildman–Crippen LogP) is 7.57. The fourth-order valence-corrected chi connectivity index (χ4v) is 2.37. The van der Waals surface area contributed by atoms with E-state index in [4.69, 9.17) is 0 Å². The van der Waals surface area contributed by atoms with Crippen molar-refractivity contribution in [3.63, 3.8) is 0 Å². The average molecular weight is 591 g/mol. The van der Waals surface area contributed by atoms with Gasteiger partial charge in [0.2, 0.25) is 0 Å². The van der Waals surface area contributed by atoms with Gasteiger partial charge in [0.15, 0.2) is 0 Å². The monoisotopic (exact) mass is 591 g/mol. The molecule has 0 aliphatic carbocycles. The van der Waals surface area contributed by atoms with Crippen molar-refractivity contribution in [2.45, 2.75) is 73.5 Å². The Hall–Kier alpha value is -1.51. The van der Waals surface area contributed by atoms with Gasteiger partial charge in [0.05, 0.1) is 0 Å². The summed E-state index contributed by atoms with van der Waals surface area (Å²) in [5.74, 6) is -70.0. The van der Waals surface area contributed by atoms with E-state index in [0.717, 1.165) is 0 Å². The molecule has 22 heteroatoms. The molecule has 0 radical (unpaired) electrons. The van der Waals surface area contributed by atoms with Crippen molar-refractivity contribution in [3.05, 3.63) is 0 Å². The average Bonchev–Trinajstić information content (AvgIpc) is 2.66. The Balaban J connectivity index is 7.11. The Bertz CT molecular complexity index is 774. The molecule has 0 saturated heterocycles. The molecule has 218 valence electrons. The third-order valence-electron chi connectivity index (χ3n) is 4.65. The SMILES string of the molecule is CCN(CC)C(F)(F)C(F)(F)C(F)(F)C(F)(F)C(F)(F)C(F)(F)C(F)(F)C(F)(F)C(F)(F)C(F)(F)F. The molecule has 0 aliphatic rings. The van der Waals surface area contributed by atoms with Crippen molar-refractivity contribution in [1.29, 1.82) is 0 Å². The molecule has 0 aromatic heterocycles. The molecule has 0 bridgehead atoms. The first-order chi connectivity index (χ1) is 15.3. The maximum absolute atomic E-state index is 13.7. The molecular formula is C14H10F21N. The van der Waals surface area contributed by atoms with Crippen LogP contribution < -0.4 is 0 Å². The molecule has 0 aliphatic heterocycles. The molecule has 0 spiro atoms. The van der Waals surface area contributed by atoms with E-state index in [2.05, 4.69) is 0 Å². The minimum atomic E-state index is -9.15. The summed E-state index contributed by atoms with van der Waals surface area (Å²) < 4.78 is 277. The first kappa shape index (κ1) is 34.5. The van der Waals surface area contributed by atoms with Crippen molar-refractivity contribution in [2.24, 2.45) is 0 Å². The number of halogens is 21. The van der Waals surface area contributed by atoms with Crippen molar-refractivity contribution >= 4 is 0 Å². The third-order valence-corrected chi connectivity index (χ3v) is 4.65. The largest absolute Gasteiger partial charge is 0.460 e. The van der Waals surface area contributed by atoms with Gasteiger partial charge in [0.1, 0.15) is 0 Å². The van der Waals surface area contributed by atoms with E-state index in [0.29, 0.717) is 13.8 Å². The lowest BCUT2D eigenvalue weighted by atomic mass is 9.87. The van der Waals surface area contributed by atoms with Crippen LogP contribution in [-0.2, 0) is 0 Å². The Labute approximate surface area is 185 Å². The van der Waals surface area contributed by atoms with Gasteiger partial charge in [-0.15, -0.1) is 0 Å². The number of hydrogen-bond donors (Lipinski definition) is 0. The van der Waals surface area contributed by atoms with Crippen LogP contribution in [0.5, 0.6) is 0 Å². The number of alkyl halides is 21. The second-order valence-electron chi connectivity index (χ2n) is 6.81. The third kappa shape index (κ3) is 4.02. The Morgan fingerprint density at radius 1 is 0.333 bits per heavy atom. The van der Waals surface area contributed by atoms with Crippen molar-refractivity contribution in [1.82, 2.24) is 4.90 Å². The van der Waals surface area contributed by atoms with Gasteiger partial charge in [-0.1, -0.05) is 13.8 Å². The fourth-order valence-electron chi connectivity index (χ4n) is 2.37. The van der Waals surface area contributed by atoms with E-state index in [-0.39, 0.29) is 0 Å². The highest BCUT2D eigenvalue weighted by Crippen LogP contribution is 2.66. The molecule has 0 amide bonds. The minimum Gasteiger partial charge on any atom is -0.240 e. The Morgan fingerprint density at radius 2 is 0.528 bits per heavy atom. The molecule has 0 rings (SSSR count). The quantitative estimate of drug-likeness (QED) is 0.177. The molecular weight excluding hydrogens is 581 g/mol. The zero-order valence-corrected chi connectivity index (χ0v) is 16.8. The first-order valence-electron chi connectivity index (χ1n) is 8.49. The summed E-state index contributed by atoms with van der Waals surface area (Å²) in [6, 6.07) is -6.68. The number of rotatable bonds is 11. The van der Waals surface area contributed by atoms with Crippen LogP contribution in [0.15, 0.2) is 0 Å². The van der Waals surface area contributed by atoms with E-state index in [1.165, 1.54) is 0 Å². The first-order valence-corrected chi connectivity index (χ1v) is 8.49. The maximum Gasteiger partial charge on any atom is 0.460 e. The zero-order chi connectivity index (χ0) is 30.0. The lowest BCUT2D eigenvalue weighted by molar-refractivity contribution is -0.478. The van der Waals surface area contributed by atoms with Crippen LogP contribution >= 0.6 is 0 Å². The van der Waals surface area contributed by atoms with Crippen LogP contribution in [0, 0.1) is 0 Å². The van der Waals surface area contributed by atoms with Gasteiger partial charge in [-0.3, -0.25) is 0 Å². The van der Waals surface area contributed by atoms with Gasteiger partial charge in [0.25, 0.3) is 0 Å². The van der Waals surface area contributed by atoms with Crippen LogP contribution in [-0.4, -0.2) is 77.6 Å². The molecule has 0 unspecified atom stereocenters. The summed E-state index contributed by atoms with van der Waals surface area (Å²) >= 11 is 0. The van der Waals surface area contributed by atoms with Gasteiger partial charge < -0.3 is 0 Å². The minimum absolute atomic E-state index is 0.454. The second-order valence-corrected chi connectivity index (χ2v) is 6.81. The fraction of sp³-hybridized carbons (Fsp3) is 1.00. The molecule has 0 fully saturated rings. The normalized spacial score (nSPS) is 16.7. The van der Waals surface area contributed by atoms with Gasteiger partial charge in [0, 0.05) is 13.1 Å². The van der Waals surface area contributed by atoms with Gasteiger partial charge >= 0.3 is 59.6 Å². The number of nitrogens with zero attached hydrogens (tertiary/aromatic N) is 1. The highest BCUT2D eigenvalue weighted by molar-refractivity contribution is 5.17. The summed E-state index contributed by atoms with van der Waals surface area (Å²) in [5.41, 5.74) is 0. The van der Waals surface area contributed by atoms with E-state index in [1.54, 1.807) is 0 Å². The van der Waals surface area contributed by atoms with Crippen molar-refractivity contribution < 1.29 is 92.2 Å². The van der Waals surface area contributed by atoms with Crippen LogP contribution in [0.2, 0.25) is 0 Å². The van der Waals surface area contributed by atoms with Gasteiger partial charge in [-0.05, 0) is 0 Å². The molecule has 0 N–H and O–H groups in total. The Morgan fingerprint density at radius 3 is 0.722 bits per heavy atom. The molecule has 0 heterocycles. The van der Waals surface area contributed by atoms with Crippen LogP contribution in [0.1, 0.15) is 13.8 Å². The van der Waals surface area contributed by atoms with Crippen LogP contribution in [0.4, 0.5) is 92.2 Å². The molecule has 1 nitrogen and oxygen atoms in total. The molecule has 0 atom stereocenters. The lowest BCUT2D eigenvalue weighted by Gasteiger charge is -2.45. The van der Waals surface area contributed by atoms with Crippen molar-refractivity contribution in [3.8, 4) is 0 Å². The summed E-state index contributed by atoms with van der Waals surface area (Å²) in [5, 5.41) is 0. The van der Waals surface area contributed by atoms with Gasteiger partial charge in [-0.25, -0.2) is 4.90 Å². The van der Waals surface area contributed by atoms with E-state index < -0.39 is 77.6 Å². The molecule has 0 aromatic rings. The highest BCUT2D eigenvalue weighted by atomic mass is 19.4. The topological polar surface area (TPSA) is 3.24 Å². The standard InChI is InChI=1S/C14H10F21N/c1-3-36(4-2)14(34,35)12(29,30)10(25,26)8(21,22)6(17,18)5(15,16)7(19,20)9(23,24)11(27,28)13(31,32)33/h3-4H2,1-2H3. The predicted molar refractivity (Wildman–Crippen MR) is 73.5 cm³/mol. The lowest BCUT2D eigenvalue weighted by Crippen LogP contribution is -2.77. The second kappa shape index (κ2) is 8.77. The van der Waals surface area contributed by atoms with E-state index in [1.807, 2.05) is 0 Å². The summed E-state index contributed by atoms with van der Waals surface area (Å²) in [7, 11) is 0. The summed E-state index contributed by atoms with van der Waals surface area (Å²) in [6.07, 6.45) is -7.99. The smallest absolute Gasteiger partial charge is 0.240 e. The molecule has 0 aromatic carbocycles. The zero-order valence-electron chi connectivity index (χ0n) is 16.8. The van der Waals surface area contributed by atoms with E-state index >= 15 is 0 Å². The van der Waals surface area contributed by atoms with Gasteiger partial charge in [-0.2, -0.15) is 92.2 Å². The van der Waals surface area contributed by atoms with E-state index in [9.17, 15) is 92.2 Å². The highest BCUT2D eigenvalue weighted by Gasteiger charge is 2.98. The van der Waals surface area contributed by atoms with Crippen LogP contribution in [0.3, 0.4) is 0 Å². The number of hydrogen-bond acceptors (Lipinski definition) is 1. The molecule has 0 saturated carbocycles. The maximum atomic E-state index is 13.7. The Kier molecular flexibility index (Phi) is 8.40. The van der Waals surface area contributed by atoms with Crippen molar-refractivity contribution in [2.75, 3.05) is 13.1 Å².